The standard InChI is InChI=1S/C9H14/c1-6-5-7(2)9(4)8(6)3/h5-6H,1-4H3/t6-/m0/s1. The minimum Gasteiger partial charge on any atom is -0.0744 e. The molecule has 50 valence electrons. The van der Waals surface area contributed by atoms with Crippen LogP contribution in [0.4, 0.5) is 0 Å². The van der Waals surface area contributed by atoms with Gasteiger partial charge in [0.1, 0.15) is 0 Å². The highest BCUT2D eigenvalue weighted by atomic mass is 14.2. The molecule has 0 amide bonds. The van der Waals surface area contributed by atoms with Crippen LogP contribution in [0.15, 0.2) is 22.8 Å². The van der Waals surface area contributed by atoms with Gasteiger partial charge in [-0.25, -0.2) is 0 Å². The van der Waals surface area contributed by atoms with E-state index in [-0.39, 0.29) is 0 Å². The molecule has 9 heavy (non-hydrogen) atoms. The minimum absolute atomic E-state index is 0.685. The smallest absolute Gasteiger partial charge is 0.00428 e. The number of hydrogen-bond donors (Lipinski definition) is 0. The maximum Gasteiger partial charge on any atom is -0.00428 e. The summed E-state index contributed by atoms with van der Waals surface area (Å²) < 4.78 is 0. The molecule has 0 aromatic rings. The third-order valence-electron chi connectivity index (χ3n) is 2.37. The molecule has 1 aliphatic carbocycles. The molecule has 0 unspecified atom stereocenters. The van der Waals surface area contributed by atoms with Gasteiger partial charge in [-0.1, -0.05) is 24.1 Å². The van der Waals surface area contributed by atoms with Crippen molar-refractivity contribution in [2.45, 2.75) is 27.7 Å². The van der Waals surface area contributed by atoms with Crippen LogP contribution in [0.1, 0.15) is 27.7 Å². The molecule has 0 nitrogen and oxygen atoms in total. The van der Waals surface area contributed by atoms with Gasteiger partial charge in [-0.15, -0.1) is 0 Å². The van der Waals surface area contributed by atoms with Crippen molar-refractivity contribution < 1.29 is 0 Å². The van der Waals surface area contributed by atoms with E-state index in [1.807, 2.05) is 0 Å². The zero-order chi connectivity index (χ0) is 7.02. The lowest BCUT2D eigenvalue weighted by Crippen LogP contribution is -1.85. The number of rotatable bonds is 0. The summed E-state index contributed by atoms with van der Waals surface area (Å²) in [5.74, 6) is 0.685. The highest BCUT2D eigenvalue weighted by Crippen LogP contribution is 2.29. The molecule has 0 spiro atoms. The van der Waals surface area contributed by atoms with Gasteiger partial charge in [0.05, 0.1) is 0 Å². The van der Waals surface area contributed by atoms with E-state index in [9.17, 15) is 0 Å². The quantitative estimate of drug-likeness (QED) is 0.463. The van der Waals surface area contributed by atoms with Gasteiger partial charge >= 0.3 is 0 Å². The molecule has 0 fully saturated rings. The lowest BCUT2D eigenvalue weighted by atomic mass is 10.1. The first-order valence-corrected chi connectivity index (χ1v) is 3.49. The first kappa shape index (κ1) is 6.60. The van der Waals surface area contributed by atoms with Gasteiger partial charge in [0.2, 0.25) is 0 Å². The molecule has 1 rings (SSSR count). The van der Waals surface area contributed by atoms with Crippen LogP contribution in [0.2, 0.25) is 0 Å². The number of allylic oxidation sites excluding steroid dienone is 4. The summed E-state index contributed by atoms with van der Waals surface area (Å²) in [4.78, 5) is 0. The predicted molar refractivity (Wildman–Crippen MR) is 41.3 cm³/mol. The lowest BCUT2D eigenvalue weighted by Gasteiger charge is -2.00. The van der Waals surface area contributed by atoms with Gasteiger partial charge in [0.15, 0.2) is 0 Å². The van der Waals surface area contributed by atoms with Crippen LogP contribution in [-0.4, -0.2) is 0 Å². The molecular formula is C9H14. The van der Waals surface area contributed by atoms with Crippen molar-refractivity contribution >= 4 is 0 Å². The second-order valence-corrected chi connectivity index (χ2v) is 2.95. The summed E-state index contributed by atoms with van der Waals surface area (Å²) >= 11 is 0. The Morgan fingerprint density at radius 2 is 1.78 bits per heavy atom. The number of hydrogen-bond acceptors (Lipinski definition) is 0. The summed E-state index contributed by atoms with van der Waals surface area (Å²) in [5, 5.41) is 0. The molecule has 0 saturated carbocycles. The van der Waals surface area contributed by atoms with Crippen LogP contribution in [0.25, 0.3) is 0 Å². The third kappa shape index (κ3) is 0.937. The molecule has 0 radical (unpaired) electrons. The van der Waals surface area contributed by atoms with Gasteiger partial charge in [-0.2, -0.15) is 0 Å². The summed E-state index contributed by atoms with van der Waals surface area (Å²) in [7, 11) is 0. The average Bonchev–Trinajstić information content (AvgIpc) is 1.98. The van der Waals surface area contributed by atoms with E-state index in [2.05, 4.69) is 33.8 Å². The van der Waals surface area contributed by atoms with E-state index in [1.54, 1.807) is 0 Å². The van der Waals surface area contributed by atoms with E-state index in [0.717, 1.165) is 0 Å². The van der Waals surface area contributed by atoms with E-state index < -0.39 is 0 Å². The van der Waals surface area contributed by atoms with Gasteiger partial charge < -0.3 is 0 Å². The Hall–Kier alpha value is -0.520. The topological polar surface area (TPSA) is 0 Å². The van der Waals surface area contributed by atoms with Crippen molar-refractivity contribution in [1.29, 1.82) is 0 Å². The van der Waals surface area contributed by atoms with Gasteiger partial charge in [0.25, 0.3) is 0 Å². The van der Waals surface area contributed by atoms with Crippen LogP contribution in [0.5, 0.6) is 0 Å². The molecule has 0 heteroatoms. The fourth-order valence-electron chi connectivity index (χ4n) is 1.28. The summed E-state index contributed by atoms with van der Waals surface area (Å²) in [6.45, 7) is 8.84. The Labute approximate surface area is 57.3 Å². The van der Waals surface area contributed by atoms with Crippen LogP contribution >= 0.6 is 0 Å². The summed E-state index contributed by atoms with van der Waals surface area (Å²) in [5.41, 5.74) is 4.48. The molecule has 0 aromatic carbocycles. The van der Waals surface area contributed by atoms with Crippen LogP contribution in [-0.2, 0) is 0 Å². The van der Waals surface area contributed by atoms with Gasteiger partial charge in [-0.3, -0.25) is 0 Å². The Morgan fingerprint density at radius 3 is 1.89 bits per heavy atom. The molecule has 0 saturated heterocycles. The Kier molecular flexibility index (Phi) is 1.48. The SMILES string of the molecule is CC1=C[C@H](C)C(C)=C1C. The monoisotopic (exact) mass is 122 g/mol. The zero-order valence-corrected chi connectivity index (χ0v) is 6.65. The molecule has 0 N–H and O–H groups in total. The Morgan fingerprint density at radius 1 is 1.22 bits per heavy atom. The van der Waals surface area contributed by atoms with Crippen LogP contribution < -0.4 is 0 Å². The molecule has 1 atom stereocenters. The second kappa shape index (κ2) is 2.02. The van der Waals surface area contributed by atoms with Crippen molar-refractivity contribution in [3.8, 4) is 0 Å². The highest BCUT2D eigenvalue weighted by molar-refractivity contribution is 5.40. The highest BCUT2D eigenvalue weighted by Gasteiger charge is 2.12. The normalized spacial score (nSPS) is 27.1. The van der Waals surface area contributed by atoms with Crippen molar-refractivity contribution in [3.63, 3.8) is 0 Å². The zero-order valence-electron chi connectivity index (χ0n) is 6.65. The predicted octanol–water partition coefficient (Wildman–Crippen LogP) is 2.92. The van der Waals surface area contributed by atoms with Gasteiger partial charge in [0, 0.05) is 0 Å². The Bertz CT molecular complexity index is 182. The average molecular weight is 122 g/mol. The summed E-state index contributed by atoms with van der Waals surface area (Å²) in [6.07, 6.45) is 2.32. The molecule has 0 aromatic heterocycles. The maximum absolute atomic E-state index is 2.32. The maximum atomic E-state index is 2.32. The largest absolute Gasteiger partial charge is 0.0744 e. The fraction of sp³-hybridized carbons (Fsp3) is 0.556. The summed E-state index contributed by atoms with van der Waals surface area (Å²) in [6, 6.07) is 0. The second-order valence-electron chi connectivity index (χ2n) is 2.95. The van der Waals surface area contributed by atoms with Crippen molar-refractivity contribution in [2.75, 3.05) is 0 Å². The minimum atomic E-state index is 0.685. The molecule has 1 aliphatic rings. The molecule has 0 aliphatic heterocycles. The van der Waals surface area contributed by atoms with Crippen LogP contribution in [0.3, 0.4) is 0 Å². The first-order valence-electron chi connectivity index (χ1n) is 3.49. The van der Waals surface area contributed by atoms with E-state index in [1.165, 1.54) is 16.7 Å². The lowest BCUT2D eigenvalue weighted by molar-refractivity contribution is 0.875. The van der Waals surface area contributed by atoms with Crippen molar-refractivity contribution in [1.82, 2.24) is 0 Å². The molecular weight excluding hydrogens is 108 g/mol. The fourth-order valence-corrected chi connectivity index (χ4v) is 1.28. The molecule has 0 heterocycles. The van der Waals surface area contributed by atoms with Crippen LogP contribution in [0, 0.1) is 5.92 Å². The molecule has 0 bridgehead atoms. The van der Waals surface area contributed by atoms with E-state index in [0.29, 0.717) is 5.92 Å². The van der Waals surface area contributed by atoms with Crippen molar-refractivity contribution in [2.24, 2.45) is 5.92 Å². The Balaban J connectivity index is 2.97. The van der Waals surface area contributed by atoms with E-state index >= 15 is 0 Å². The third-order valence-corrected chi connectivity index (χ3v) is 2.37. The van der Waals surface area contributed by atoms with E-state index in [4.69, 9.17) is 0 Å². The first-order chi connectivity index (χ1) is 4.13. The van der Waals surface area contributed by atoms with Gasteiger partial charge in [-0.05, 0) is 32.3 Å². The van der Waals surface area contributed by atoms with Crippen molar-refractivity contribution in [3.05, 3.63) is 22.8 Å².